The van der Waals surface area contributed by atoms with Crippen LogP contribution in [0.5, 0.6) is 23.0 Å². The van der Waals surface area contributed by atoms with Gasteiger partial charge in [-0.25, -0.2) is 4.57 Å². The maximum Gasteiger partial charge on any atom is 0.588 e. The van der Waals surface area contributed by atoms with Crippen LogP contribution in [0.2, 0.25) is 0 Å². The lowest BCUT2D eigenvalue weighted by molar-refractivity contribution is -0.385. The molecule has 0 bridgehead atoms. The molecule has 0 radical (unpaired) electrons. The first-order valence-electron chi connectivity index (χ1n) is 31.5. The lowest BCUT2D eigenvalue weighted by atomic mass is 10.0. The molecule has 0 amide bonds. The van der Waals surface area contributed by atoms with Gasteiger partial charge in [-0.2, -0.15) is 0 Å². The molecule has 0 aliphatic carbocycles. The zero-order valence-electron chi connectivity index (χ0n) is 50.1. The molecule has 0 fully saturated rings. The SMILES string of the molecule is CCCCCCCCCCCCCCCCCCOC[C@@H](O)COc1ccccc1.CCCCCCCCCCCCCCCCCCOC[C@H](COc1ccccc1)OP(=O)(Oc1ccc([N+](=O)[O-])cc1)Oc1ccc([N+](=O)[O-])cc1. The zero-order valence-corrected chi connectivity index (χ0v) is 51.0. The summed E-state index contributed by atoms with van der Waals surface area (Å²) in [6, 6.07) is 28.5. The number of aliphatic hydroxyl groups excluding tert-OH is 1. The number of para-hydroxylation sites is 2. The van der Waals surface area contributed by atoms with Crippen molar-refractivity contribution in [1.82, 2.24) is 0 Å². The summed E-state index contributed by atoms with van der Waals surface area (Å²) in [7, 11) is -4.51. The third kappa shape index (κ3) is 37.9. The fourth-order valence-electron chi connectivity index (χ4n) is 9.27. The third-order valence-electron chi connectivity index (χ3n) is 14.1. The minimum Gasteiger partial charge on any atom is -0.491 e. The van der Waals surface area contributed by atoms with Gasteiger partial charge in [-0.15, -0.1) is 0 Å². The van der Waals surface area contributed by atoms with E-state index in [9.17, 15) is 29.9 Å². The molecule has 0 spiro atoms. The summed E-state index contributed by atoms with van der Waals surface area (Å²) >= 11 is 0. The van der Waals surface area contributed by atoms with Crippen molar-refractivity contribution in [2.24, 2.45) is 0 Å². The second kappa shape index (κ2) is 48.3. The van der Waals surface area contributed by atoms with Crippen molar-refractivity contribution in [3.63, 3.8) is 0 Å². The third-order valence-corrected chi connectivity index (χ3v) is 15.5. The van der Waals surface area contributed by atoms with Crippen LogP contribution < -0.4 is 18.5 Å². The van der Waals surface area contributed by atoms with Gasteiger partial charge in [-0.1, -0.05) is 243 Å². The monoisotopic (exact) mass is 1160 g/mol. The molecule has 4 rings (SSSR count). The molecule has 15 nitrogen and oxygen atoms in total. The van der Waals surface area contributed by atoms with Gasteiger partial charge in [-0.05, 0) is 61.4 Å². The maximum atomic E-state index is 14.2. The van der Waals surface area contributed by atoms with E-state index in [1.807, 2.05) is 48.5 Å². The highest BCUT2D eigenvalue weighted by molar-refractivity contribution is 7.49. The van der Waals surface area contributed by atoms with E-state index in [1.54, 1.807) is 12.1 Å². The van der Waals surface area contributed by atoms with Gasteiger partial charge in [0.2, 0.25) is 0 Å². The Hall–Kier alpha value is -5.05. The summed E-state index contributed by atoms with van der Waals surface area (Å²) in [6.07, 6.45) is 40.9. The van der Waals surface area contributed by atoms with Gasteiger partial charge in [0.1, 0.15) is 48.4 Å². The number of rotatable bonds is 52. The van der Waals surface area contributed by atoms with Crippen LogP contribution in [0.4, 0.5) is 11.4 Å². The van der Waals surface area contributed by atoms with E-state index in [0.29, 0.717) is 19.0 Å². The Kier molecular flexibility index (Phi) is 42.0. The van der Waals surface area contributed by atoms with Crippen molar-refractivity contribution in [2.45, 2.75) is 232 Å². The first kappa shape index (κ1) is 71.2. The van der Waals surface area contributed by atoms with E-state index < -0.39 is 29.9 Å². The number of unbranched alkanes of at least 4 members (excludes halogenated alkanes) is 30. The minimum absolute atomic E-state index is 0.00680. The highest BCUT2D eigenvalue weighted by Crippen LogP contribution is 2.51. The standard InChI is InChI=1S/C39H55N2O10P.C27H48O3/c1-2-3-4-5-6-7-8-9-10-11-12-13-14-15-16-20-31-47-32-39(33-48-36-21-18-17-19-22-36)51-52(46,49-37-27-23-34(24-28-37)40(42)43)50-38-29-25-35(26-30-38)41(44)45;1-2-3-4-5-6-7-8-9-10-11-12-13-14-15-16-20-23-29-24-26(28)25-30-27-21-18-17-19-22-27/h17-19,21-30,39H,2-16,20,31-33H2,1H3;17-19,21-22,26,28H,2-16,20,23-25H2,1H3/t39-;26-/m11/s1. The molecule has 16 heteroatoms. The smallest absolute Gasteiger partial charge is 0.491 e. The number of nitrogens with zero attached hydrogens (tertiary/aromatic N) is 2. The lowest BCUT2D eigenvalue weighted by Gasteiger charge is -2.24. The van der Waals surface area contributed by atoms with Crippen LogP contribution in [0.25, 0.3) is 0 Å². The molecule has 82 heavy (non-hydrogen) atoms. The Labute approximate surface area is 492 Å². The van der Waals surface area contributed by atoms with Crippen LogP contribution in [-0.2, 0) is 18.6 Å². The van der Waals surface area contributed by atoms with Gasteiger partial charge in [0, 0.05) is 37.5 Å². The van der Waals surface area contributed by atoms with Crippen molar-refractivity contribution in [3.05, 3.63) is 129 Å². The van der Waals surface area contributed by atoms with Gasteiger partial charge in [0.25, 0.3) is 11.4 Å². The van der Waals surface area contributed by atoms with Crippen LogP contribution in [0.3, 0.4) is 0 Å². The van der Waals surface area contributed by atoms with Crippen molar-refractivity contribution >= 4 is 19.2 Å². The summed E-state index contributed by atoms with van der Waals surface area (Å²) in [5.74, 6) is 1.34. The molecule has 2 atom stereocenters. The van der Waals surface area contributed by atoms with Gasteiger partial charge >= 0.3 is 7.82 Å². The van der Waals surface area contributed by atoms with Gasteiger partial charge in [-0.3, -0.25) is 24.8 Å². The van der Waals surface area contributed by atoms with Crippen molar-refractivity contribution in [2.75, 3.05) is 39.6 Å². The van der Waals surface area contributed by atoms with Gasteiger partial charge in [0.15, 0.2) is 0 Å². The van der Waals surface area contributed by atoms with Crippen LogP contribution in [0, 0.1) is 20.2 Å². The molecular formula is C66H103N2O13P. The zero-order chi connectivity index (χ0) is 58.8. The molecule has 0 aliphatic heterocycles. The highest BCUT2D eigenvalue weighted by Gasteiger charge is 2.36. The molecule has 1 N–H and O–H groups in total. The molecule has 0 heterocycles. The molecule has 0 unspecified atom stereocenters. The number of aliphatic hydroxyl groups is 1. The molecule has 460 valence electrons. The Morgan fingerprint density at radius 3 is 1.02 bits per heavy atom. The maximum absolute atomic E-state index is 14.2. The quantitative estimate of drug-likeness (QED) is 0.0190. The van der Waals surface area contributed by atoms with E-state index in [4.69, 9.17) is 32.5 Å². The molecule has 4 aromatic carbocycles. The molecule has 0 aromatic heterocycles. The van der Waals surface area contributed by atoms with Crippen LogP contribution in [-0.4, -0.2) is 66.8 Å². The first-order chi connectivity index (χ1) is 40.1. The predicted octanol–water partition coefficient (Wildman–Crippen LogP) is 19.5. The van der Waals surface area contributed by atoms with E-state index in [-0.39, 0.29) is 42.7 Å². The number of phosphoric acid groups is 1. The van der Waals surface area contributed by atoms with Crippen molar-refractivity contribution in [1.29, 1.82) is 0 Å². The minimum atomic E-state index is -4.51. The Bertz CT molecular complexity index is 2110. The number of phosphoric ester groups is 1. The fraction of sp³-hybridized carbons (Fsp3) is 0.636. The number of non-ortho nitro benzene ring substituents is 2. The number of hydrogen-bond acceptors (Lipinski definition) is 13. The number of hydrogen-bond donors (Lipinski definition) is 1. The number of nitro benzene ring substituents is 2. The Balaban J connectivity index is 0.000000499. The summed E-state index contributed by atoms with van der Waals surface area (Å²) in [5.41, 5.74) is -0.369. The van der Waals surface area contributed by atoms with Gasteiger partial charge in [0.05, 0.1) is 23.1 Å². The number of benzene rings is 4. The second-order valence-corrected chi connectivity index (χ2v) is 23.0. The molecular weight excluding hydrogens is 1060 g/mol. The predicted molar refractivity (Wildman–Crippen MR) is 331 cm³/mol. The van der Waals surface area contributed by atoms with E-state index in [1.165, 1.54) is 228 Å². The van der Waals surface area contributed by atoms with Gasteiger partial charge < -0.3 is 33.1 Å². The largest absolute Gasteiger partial charge is 0.588 e. The Morgan fingerprint density at radius 1 is 0.390 bits per heavy atom. The normalized spacial score (nSPS) is 12.0. The molecule has 0 saturated carbocycles. The summed E-state index contributed by atoms with van der Waals surface area (Å²) < 4.78 is 54.4. The van der Waals surface area contributed by atoms with Crippen LogP contribution in [0.1, 0.15) is 219 Å². The van der Waals surface area contributed by atoms with Crippen molar-refractivity contribution in [3.8, 4) is 23.0 Å². The van der Waals surface area contributed by atoms with E-state index >= 15 is 0 Å². The molecule has 0 aliphatic rings. The van der Waals surface area contributed by atoms with E-state index in [2.05, 4.69) is 13.8 Å². The summed E-state index contributed by atoms with van der Waals surface area (Å²) in [4.78, 5) is 21.1. The topological polar surface area (TPSA) is 188 Å². The Morgan fingerprint density at radius 2 is 0.695 bits per heavy atom. The average molecular weight is 1160 g/mol. The highest BCUT2D eigenvalue weighted by atomic mass is 31.2. The molecule has 4 aromatic rings. The van der Waals surface area contributed by atoms with Crippen molar-refractivity contribution < 1.29 is 52.0 Å². The summed E-state index contributed by atoms with van der Waals surface area (Å²) in [6.45, 7) is 6.35. The number of nitro groups is 2. The van der Waals surface area contributed by atoms with Crippen LogP contribution in [0.15, 0.2) is 109 Å². The first-order valence-corrected chi connectivity index (χ1v) is 32.9. The van der Waals surface area contributed by atoms with E-state index in [0.717, 1.165) is 38.0 Å². The second-order valence-electron chi connectivity index (χ2n) is 21.5. The average Bonchev–Trinajstić information content (AvgIpc) is 3.67. The molecule has 0 saturated heterocycles. The summed E-state index contributed by atoms with van der Waals surface area (Å²) in [5, 5.41) is 32.2. The fourth-order valence-corrected chi connectivity index (χ4v) is 10.6. The lowest BCUT2D eigenvalue weighted by Crippen LogP contribution is -2.28. The number of ether oxygens (including phenoxy) is 4. The van der Waals surface area contributed by atoms with Crippen LogP contribution >= 0.6 is 7.82 Å².